The Hall–Kier alpha value is -0.840. The highest BCUT2D eigenvalue weighted by Gasteiger charge is 2.30. The molecule has 0 spiro atoms. The number of hydrogen-bond acceptors (Lipinski definition) is 3. The molecule has 17 heavy (non-hydrogen) atoms. The van der Waals surface area contributed by atoms with Crippen molar-refractivity contribution in [1.82, 2.24) is 10.1 Å². The van der Waals surface area contributed by atoms with Gasteiger partial charge in [0.2, 0.25) is 5.76 Å². The number of hydrogen-bond donors (Lipinski definition) is 0. The number of aryl methyl sites for hydroxylation is 1. The average molecular weight is 301 g/mol. The predicted molar refractivity (Wildman–Crippen MR) is 68.3 cm³/mol. The molecule has 0 radical (unpaired) electrons. The third-order valence-electron chi connectivity index (χ3n) is 3.15. The van der Waals surface area contributed by atoms with E-state index in [9.17, 15) is 4.79 Å². The molecular formula is C12H17BrN2O2. The largest absolute Gasteiger partial charge is 0.351 e. The molecule has 0 unspecified atom stereocenters. The minimum absolute atomic E-state index is 0.0174. The minimum Gasteiger partial charge on any atom is -0.351 e. The predicted octanol–water partition coefficient (Wildman–Crippen LogP) is 2.76. The van der Waals surface area contributed by atoms with Crippen molar-refractivity contribution in [3.8, 4) is 0 Å². The quantitative estimate of drug-likeness (QED) is 0.786. The Morgan fingerprint density at radius 2 is 2.41 bits per heavy atom. The van der Waals surface area contributed by atoms with Crippen LogP contribution in [-0.2, 0) is 0 Å². The molecule has 0 aromatic carbocycles. The first-order valence-electron chi connectivity index (χ1n) is 6.02. The third-order valence-corrected chi connectivity index (χ3v) is 3.71. The van der Waals surface area contributed by atoms with E-state index < -0.39 is 0 Å². The maximum atomic E-state index is 12.3. The van der Waals surface area contributed by atoms with Crippen molar-refractivity contribution in [2.45, 2.75) is 38.6 Å². The van der Waals surface area contributed by atoms with E-state index in [0.29, 0.717) is 11.8 Å². The summed E-state index contributed by atoms with van der Waals surface area (Å²) in [6, 6.07) is 2.11. The van der Waals surface area contributed by atoms with Gasteiger partial charge in [0, 0.05) is 24.0 Å². The van der Waals surface area contributed by atoms with Gasteiger partial charge in [0.1, 0.15) is 0 Å². The fourth-order valence-corrected chi connectivity index (χ4v) is 2.24. The number of halogens is 1. The highest BCUT2D eigenvalue weighted by atomic mass is 79.9. The number of carbonyl (C=O) groups is 1. The van der Waals surface area contributed by atoms with Crippen molar-refractivity contribution in [2.75, 3.05) is 11.9 Å². The Morgan fingerprint density at radius 3 is 2.88 bits per heavy atom. The molecule has 1 aliphatic rings. The standard InChI is InChI=1S/C12H17BrN2O2/c1-9-8-11(17-14-9)12(16)15(7-3-6-13)10-4-2-5-10/h8,10H,2-7H2,1H3. The van der Waals surface area contributed by atoms with Crippen molar-refractivity contribution in [1.29, 1.82) is 0 Å². The molecular weight excluding hydrogens is 284 g/mol. The van der Waals surface area contributed by atoms with E-state index >= 15 is 0 Å². The summed E-state index contributed by atoms with van der Waals surface area (Å²) >= 11 is 3.40. The second kappa shape index (κ2) is 5.67. The van der Waals surface area contributed by atoms with Crippen LogP contribution in [0.3, 0.4) is 0 Å². The van der Waals surface area contributed by atoms with Crippen molar-refractivity contribution >= 4 is 21.8 Å². The third kappa shape index (κ3) is 2.89. The fraction of sp³-hybridized carbons (Fsp3) is 0.667. The van der Waals surface area contributed by atoms with Crippen molar-refractivity contribution < 1.29 is 9.32 Å². The molecule has 94 valence electrons. The smallest absolute Gasteiger partial charge is 0.292 e. The molecule has 0 saturated heterocycles. The summed E-state index contributed by atoms with van der Waals surface area (Å²) in [5, 5.41) is 4.69. The molecule has 0 atom stereocenters. The molecule has 1 amide bonds. The molecule has 1 heterocycles. The van der Waals surface area contributed by atoms with Crippen LogP contribution in [0.25, 0.3) is 0 Å². The van der Waals surface area contributed by atoms with Crippen molar-refractivity contribution in [2.24, 2.45) is 0 Å². The van der Waals surface area contributed by atoms with Crippen LogP contribution in [0.4, 0.5) is 0 Å². The van der Waals surface area contributed by atoms with Crippen LogP contribution >= 0.6 is 15.9 Å². The zero-order valence-electron chi connectivity index (χ0n) is 9.99. The molecule has 1 aliphatic carbocycles. The first-order valence-corrected chi connectivity index (χ1v) is 7.15. The highest BCUT2D eigenvalue weighted by Crippen LogP contribution is 2.26. The molecule has 1 aromatic rings. The molecule has 0 aliphatic heterocycles. The Labute approximate surface area is 109 Å². The maximum absolute atomic E-state index is 12.3. The SMILES string of the molecule is Cc1cc(C(=O)N(CCCBr)C2CCC2)on1. The van der Waals surface area contributed by atoms with Crippen LogP contribution in [-0.4, -0.2) is 33.9 Å². The molecule has 1 aromatic heterocycles. The van der Waals surface area contributed by atoms with Gasteiger partial charge in [-0.1, -0.05) is 21.1 Å². The van der Waals surface area contributed by atoms with E-state index in [1.54, 1.807) is 6.07 Å². The average Bonchev–Trinajstić information content (AvgIpc) is 2.67. The van der Waals surface area contributed by atoms with Gasteiger partial charge in [0.25, 0.3) is 5.91 Å². The lowest BCUT2D eigenvalue weighted by molar-refractivity contribution is 0.0539. The van der Waals surface area contributed by atoms with E-state index in [1.165, 1.54) is 6.42 Å². The summed E-state index contributed by atoms with van der Waals surface area (Å²) in [6.45, 7) is 2.61. The summed E-state index contributed by atoms with van der Waals surface area (Å²) in [5.41, 5.74) is 0.752. The molecule has 2 rings (SSSR count). The Balaban J connectivity index is 2.06. The summed E-state index contributed by atoms with van der Waals surface area (Å²) in [4.78, 5) is 14.2. The summed E-state index contributed by atoms with van der Waals surface area (Å²) < 4.78 is 5.05. The number of rotatable bonds is 5. The van der Waals surface area contributed by atoms with E-state index in [-0.39, 0.29) is 5.91 Å². The van der Waals surface area contributed by atoms with Crippen LogP contribution in [0.2, 0.25) is 0 Å². The van der Waals surface area contributed by atoms with Crippen molar-refractivity contribution in [3.63, 3.8) is 0 Å². The topological polar surface area (TPSA) is 46.3 Å². The van der Waals surface area contributed by atoms with E-state index in [0.717, 1.165) is 36.8 Å². The van der Waals surface area contributed by atoms with Gasteiger partial charge in [0.05, 0.1) is 5.69 Å². The lowest BCUT2D eigenvalue weighted by atomic mass is 9.91. The zero-order valence-corrected chi connectivity index (χ0v) is 11.6. The van der Waals surface area contributed by atoms with Crippen LogP contribution in [0.15, 0.2) is 10.6 Å². The number of alkyl halides is 1. The molecule has 1 saturated carbocycles. The number of nitrogens with zero attached hydrogens (tertiary/aromatic N) is 2. The van der Waals surface area contributed by atoms with E-state index in [1.807, 2.05) is 11.8 Å². The zero-order chi connectivity index (χ0) is 12.3. The van der Waals surface area contributed by atoms with E-state index in [4.69, 9.17) is 4.52 Å². The number of amides is 1. The van der Waals surface area contributed by atoms with Crippen LogP contribution < -0.4 is 0 Å². The maximum Gasteiger partial charge on any atom is 0.292 e. The summed E-state index contributed by atoms with van der Waals surface area (Å²) in [5.74, 6) is 0.347. The normalized spacial score (nSPS) is 15.6. The monoisotopic (exact) mass is 300 g/mol. The van der Waals surface area contributed by atoms with Crippen LogP contribution in [0.5, 0.6) is 0 Å². The second-order valence-corrected chi connectivity index (χ2v) is 5.25. The first kappa shape index (κ1) is 12.6. The van der Waals surface area contributed by atoms with Gasteiger partial charge in [-0.3, -0.25) is 4.79 Å². The van der Waals surface area contributed by atoms with Gasteiger partial charge in [-0.25, -0.2) is 0 Å². The minimum atomic E-state index is -0.0174. The first-order chi connectivity index (χ1) is 8.22. The molecule has 0 bridgehead atoms. The van der Waals surface area contributed by atoms with Crippen LogP contribution in [0, 0.1) is 6.92 Å². The molecule has 0 N–H and O–H groups in total. The summed E-state index contributed by atoms with van der Waals surface area (Å²) in [6.07, 6.45) is 4.41. The lowest BCUT2D eigenvalue weighted by Gasteiger charge is -2.37. The second-order valence-electron chi connectivity index (χ2n) is 4.46. The lowest BCUT2D eigenvalue weighted by Crippen LogP contribution is -2.44. The van der Waals surface area contributed by atoms with Gasteiger partial charge < -0.3 is 9.42 Å². The van der Waals surface area contributed by atoms with E-state index in [2.05, 4.69) is 21.1 Å². The number of aromatic nitrogens is 1. The number of carbonyl (C=O) groups excluding carboxylic acids is 1. The molecule has 1 fully saturated rings. The highest BCUT2D eigenvalue weighted by molar-refractivity contribution is 9.09. The fourth-order valence-electron chi connectivity index (χ4n) is 1.98. The molecule has 5 heteroatoms. The Bertz CT molecular complexity index is 388. The van der Waals surface area contributed by atoms with Gasteiger partial charge in [-0.2, -0.15) is 0 Å². The summed E-state index contributed by atoms with van der Waals surface area (Å²) in [7, 11) is 0. The Morgan fingerprint density at radius 1 is 1.65 bits per heavy atom. The van der Waals surface area contributed by atoms with Gasteiger partial charge in [-0.15, -0.1) is 0 Å². The molecule has 4 nitrogen and oxygen atoms in total. The van der Waals surface area contributed by atoms with Gasteiger partial charge in [0.15, 0.2) is 0 Å². The van der Waals surface area contributed by atoms with Gasteiger partial charge in [-0.05, 0) is 32.6 Å². The van der Waals surface area contributed by atoms with Crippen molar-refractivity contribution in [3.05, 3.63) is 17.5 Å². The van der Waals surface area contributed by atoms with Crippen LogP contribution in [0.1, 0.15) is 41.9 Å². The Kier molecular flexibility index (Phi) is 4.20. The van der Waals surface area contributed by atoms with Gasteiger partial charge >= 0.3 is 0 Å².